The second-order valence-corrected chi connectivity index (χ2v) is 4.52. The Hall–Kier alpha value is -0.980. The Kier molecular flexibility index (Phi) is 4.19. The molecule has 5 nitrogen and oxygen atoms in total. The van der Waals surface area contributed by atoms with Gasteiger partial charge in [-0.25, -0.2) is 10.8 Å². The number of nitrogens with zero attached hydrogens (tertiary/aromatic N) is 2. The van der Waals surface area contributed by atoms with Crippen molar-refractivity contribution < 1.29 is 4.79 Å². The minimum absolute atomic E-state index is 0.190. The molecule has 0 bridgehead atoms. The van der Waals surface area contributed by atoms with E-state index in [1.807, 2.05) is 24.3 Å². The number of hydrogen-bond donors (Lipinski definition) is 2. The number of rotatable bonds is 4. The van der Waals surface area contributed by atoms with Crippen LogP contribution in [0.25, 0.3) is 0 Å². The van der Waals surface area contributed by atoms with E-state index in [1.54, 1.807) is 18.3 Å². The Labute approximate surface area is 93.3 Å². The molecule has 1 rings (SSSR count). The number of amides is 1. The summed E-state index contributed by atoms with van der Waals surface area (Å²) in [6.07, 6.45) is 0. The molecule has 6 heteroatoms. The molecule has 3 N–H and O–H groups in total. The number of aryl methyl sites for hydroxylation is 1. The van der Waals surface area contributed by atoms with Gasteiger partial charge in [0.15, 0.2) is 0 Å². The fourth-order valence-corrected chi connectivity index (χ4v) is 1.80. The standard InChI is InChI=1S/C9H16N4OS/c1-6(9(14)12-10)13(3)4-8-5-15-7(2)11-8/h5-6H,4,10H2,1-3H3,(H,12,14). The highest BCUT2D eigenvalue weighted by Gasteiger charge is 2.17. The van der Waals surface area contributed by atoms with Crippen molar-refractivity contribution in [3.8, 4) is 0 Å². The summed E-state index contributed by atoms with van der Waals surface area (Å²) in [5.74, 6) is 4.88. The van der Waals surface area contributed by atoms with Gasteiger partial charge in [-0.15, -0.1) is 11.3 Å². The molecule has 1 heterocycles. The van der Waals surface area contributed by atoms with E-state index in [4.69, 9.17) is 5.84 Å². The summed E-state index contributed by atoms with van der Waals surface area (Å²) >= 11 is 1.61. The van der Waals surface area contributed by atoms with Crippen LogP contribution in [0.1, 0.15) is 17.6 Å². The first-order chi connectivity index (χ1) is 7.04. The highest BCUT2D eigenvalue weighted by atomic mass is 32.1. The van der Waals surface area contributed by atoms with Gasteiger partial charge in [0.1, 0.15) is 0 Å². The molecule has 0 aromatic carbocycles. The Morgan fingerprint density at radius 1 is 1.80 bits per heavy atom. The molecule has 84 valence electrons. The van der Waals surface area contributed by atoms with Gasteiger partial charge in [-0.05, 0) is 20.9 Å². The first-order valence-electron chi connectivity index (χ1n) is 4.66. The first-order valence-corrected chi connectivity index (χ1v) is 5.54. The highest BCUT2D eigenvalue weighted by molar-refractivity contribution is 7.09. The summed E-state index contributed by atoms with van der Waals surface area (Å²) < 4.78 is 0. The lowest BCUT2D eigenvalue weighted by Crippen LogP contribution is -2.45. The summed E-state index contributed by atoms with van der Waals surface area (Å²) in [7, 11) is 1.87. The number of likely N-dealkylation sites (N-methyl/N-ethyl adjacent to an activating group) is 1. The predicted molar refractivity (Wildman–Crippen MR) is 60.1 cm³/mol. The number of carbonyl (C=O) groups is 1. The average molecular weight is 228 g/mol. The lowest BCUT2D eigenvalue weighted by Gasteiger charge is -2.21. The number of nitrogens with two attached hydrogens (primary N) is 1. The van der Waals surface area contributed by atoms with Crippen molar-refractivity contribution >= 4 is 17.2 Å². The third-order valence-corrected chi connectivity index (χ3v) is 3.08. The number of aromatic nitrogens is 1. The zero-order chi connectivity index (χ0) is 11.4. The van der Waals surface area contributed by atoms with Crippen LogP contribution in [0, 0.1) is 6.92 Å². The van der Waals surface area contributed by atoms with Gasteiger partial charge in [0.25, 0.3) is 5.91 Å². The molecule has 0 aliphatic rings. The van der Waals surface area contributed by atoms with E-state index in [1.165, 1.54) is 0 Å². The Bertz CT molecular complexity index is 339. The van der Waals surface area contributed by atoms with E-state index in [-0.39, 0.29) is 11.9 Å². The van der Waals surface area contributed by atoms with Crippen LogP contribution in [-0.2, 0) is 11.3 Å². The third-order valence-electron chi connectivity index (χ3n) is 2.26. The monoisotopic (exact) mass is 228 g/mol. The third kappa shape index (κ3) is 3.26. The maximum atomic E-state index is 11.3. The van der Waals surface area contributed by atoms with Gasteiger partial charge in [0, 0.05) is 11.9 Å². The number of hydrazine groups is 1. The molecule has 1 aromatic heterocycles. The quantitative estimate of drug-likeness (QED) is 0.440. The van der Waals surface area contributed by atoms with E-state index >= 15 is 0 Å². The van der Waals surface area contributed by atoms with Crippen molar-refractivity contribution in [2.75, 3.05) is 7.05 Å². The van der Waals surface area contributed by atoms with Gasteiger partial charge in [-0.3, -0.25) is 15.1 Å². The number of thiazole rings is 1. The van der Waals surface area contributed by atoms with Crippen molar-refractivity contribution in [1.82, 2.24) is 15.3 Å². The second kappa shape index (κ2) is 5.20. The van der Waals surface area contributed by atoms with Crippen LogP contribution in [0.5, 0.6) is 0 Å². The summed E-state index contributed by atoms with van der Waals surface area (Å²) in [5.41, 5.74) is 3.12. The van der Waals surface area contributed by atoms with Crippen LogP contribution in [0.3, 0.4) is 0 Å². The largest absolute Gasteiger partial charge is 0.293 e. The summed E-state index contributed by atoms with van der Waals surface area (Å²) in [5, 5.41) is 3.04. The minimum atomic E-state index is -0.253. The van der Waals surface area contributed by atoms with Crippen molar-refractivity contribution in [3.05, 3.63) is 16.1 Å². The molecular weight excluding hydrogens is 212 g/mol. The predicted octanol–water partition coefficient (Wildman–Crippen LogP) is 0.262. The van der Waals surface area contributed by atoms with Gasteiger partial charge in [0.2, 0.25) is 0 Å². The van der Waals surface area contributed by atoms with Gasteiger partial charge in [0.05, 0.1) is 16.7 Å². The van der Waals surface area contributed by atoms with Crippen LogP contribution in [-0.4, -0.2) is 28.9 Å². The van der Waals surface area contributed by atoms with Crippen molar-refractivity contribution in [2.24, 2.45) is 5.84 Å². The van der Waals surface area contributed by atoms with Gasteiger partial charge in [-0.2, -0.15) is 0 Å². The molecule has 1 amide bonds. The Morgan fingerprint density at radius 2 is 2.47 bits per heavy atom. The number of nitrogens with one attached hydrogen (secondary N) is 1. The van der Waals surface area contributed by atoms with E-state index in [2.05, 4.69) is 10.4 Å². The first kappa shape index (κ1) is 12.1. The maximum Gasteiger partial charge on any atom is 0.250 e. The van der Waals surface area contributed by atoms with E-state index in [0.29, 0.717) is 6.54 Å². The maximum absolute atomic E-state index is 11.3. The van der Waals surface area contributed by atoms with Crippen molar-refractivity contribution in [2.45, 2.75) is 26.4 Å². The molecule has 0 spiro atoms. The van der Waals surface area contributed by atoms with Crippen LogP contribution in [0.2, 0.25) is 0 Å². The molecule has 0 fully saturated rings. The topological polar surface area (TPSA) is 71.2 Å². The van der Waals surface area contributed by atoms with E-state index in [0.717, 1.165) is 10.7 Å². The number of hydrogen-bond acceptors (Lipinski definition) is 5. The van der Waals surface area contributed by atoms with Crippen molar-refractivity contribution in [1.29, 1.82) is 0 Å². The van der Waals surface area contributed by atoms with Crippen LogP contribution < -0.4 is 11.3 Å². The molecule has 0 saturated heterocycles. The second-order valence-electron chi connectivity index (χ2n) is 3.46. The molecule has 0 saturated carbocycles. The van der Waals surface area contributed by atoms with Crippen LogP contribution >= 0.6 is 11.3 Å². The average Bonchev–Trinajstić information content (AvgIpc) is 2.61. The van der Waals surface area contributed by atoms with Gasteiger partial charge in [-0.1, -0.05) is 0 Å². The zero-order valence-corrected chi connectivity index (χ0v) is 9.97. The molecule has 15 heavy (non-hydrogen) atoms. The molecule has 0 aliphatic heterocycles. The summed E-state index contributed by atoms with van der Waals surface area (Å²) in [6, 6.07) is -0.253. The minimum Gasteiger partial charge on any atom is -0.293 e. The summed E-state index contributed by atoms with van der Waals surface area (Å²) in [4.78, 5) is 17.5. The van der Waals surface area contributed by atoms with Crippen molar-refractivity contribution in [3.63, 3.8) is 0 Å². The fraction of sp³-hybridized carbons (Fsp3) is 0.556. The van der Waals surface area contributed by atoms with Crippen LogP contribution in [0.15, 0.2) is 5.38 Å². The molecular formula is C9H16N4OS. The fourth-order valence-electron chi connectivity index (χ4n) is 1.19. The van der Waals surface area contributed by atoms with Crippen LogP contribution in [0.4, 0.5) is 0 Å². The Morgan fingerprint density at radius 3 is 2.93 bits per heavy atom. The molecule has 1 aromatic rings. The smallest absolute Gasteiger partial charge is 0.250 e. The van der Waals surface area contributed by atoms with Gasteiger partial charge >= 0.3 is 0 Å². The highest BCUT2D eigenvalue weighted by Crippen LogP contribution is 2.10. The lowest BCUT2D eigenvalue weighted by molar-refractivity contribution is -0.125. The molecule has 0 aliphatic carbocycles. The normalized spacial score (nSPS) is 12.9. The molecule has 1 atom stereocenters. The lowest BCUT2D eigenvalue weighted by atomic mass is 10.2. The molecule has 1 unspecified atom stereocenters. The Balaban J connectivity index is 2.55. The van der Waals surface area contributed by atoms with E-state index < -0.39 is 0 Å². The SMILES string of the molecule is Cc1nc(CN(C)C(C)C(=O)NN)cs1. The zero-order valence-electron chi connectivity index (χ0n) is 9.15. The number of carbonyl (C=O) groups excluding carboxylic acids is 1. The van der Waals surface area contributed by atoms with E-state index in [9.17, 15) is 4.79 Å². The summed E-state index contributed by atoms with van der Waals surface area (Å²) in [6.45, 7) is 4.42. The van der Waals surface area contributed by atoms with Gasteiger partial charge < -0.3 is 0 Å². The molecule has 0 radical (unpaired) electrons.